The molecule has 0 saturated heterocycles. The number of aryl methyl sites for hydroxylation is 2. The first-order chi connectivity index (χ1) is 15.8. The third-order valence-corrected chi connectivity index (χ3v) is 5.51. The van der Waals surface area contributed by atoms with Crippen LogP contribution in [0.5, 0.6) is 5.75 Å². The second kappa shape index (κ2) is 10.9. The topological polar surface area (TPSA) is 96.2 Å². The van der Waals surface area contributed by atoms with Crippen LogP contribution < -0.4 is 21.0 Å². The molecule has 0 saturated carbocycles. The number of aromatic nitrogens is 1. The first kappa shape index (κ1) is 24.2. The van der Waals surface area contributed by atoms with Gasteiger partial charge >= 0.3 is 0 Å². The zero-order chi connectivity index (χ0) is 24.0. The maximum atomic E-state index is 12.9. The van der Waals surface area contributed by atoms with Gasteiger partial charge in [0, 0.05) is 16.6 Å². The molecular weight excluding hydrogens is 504 g/mol. The van der Waals surface area contributed by atoms with Crippen LogP contribution in [0.3, 0.4) is 0 Å². The predicted molar refractivity (Wildman–Crippen MR) is 134 cm³/mol. The van der Waals surface area contributed by atoms with Gasteiger partial charge in [0.25, 0.3) is 11.5 Å². The van der Waals surface area contributed by atoms with Gasteiger partial charge in [0.2, 0.25) is 0 Å². The van der Waals surface area contributed by atoms with Crippen molar-refractivity contribution in [3.05, 3.63) is 97.4 Å². The fourth-order valence-corrected chi connectivity index (χ4v) is 3.74. The Labute approximate surface area is 205 Å². The van der Waals surface area contributed by atoms with E-state index in [0.717, 1.165) is 10.2 Å². The molecule has 7 nitrogen and oxygen atoms in total. The number of nitrogens with zero attached hydrogens (tertiary/aromatic N) is 2. The van der Waals surface area contributed by atoms with Crippen LogP contribution in [0.4, 0.5) is 0 Å². The summed E-state index contributed by atoms with van der Waals surface area (Å²) >= 11 is 8.60. The van der Waals surface area contributed by atoms with Crippen molar-refractivity contribution in [2.75, 3.05) is 12.0 Å². The number of nitrogens with one attached hydrogen (secondary N) is 2. The molecule has 0 aliphatic heterocycles. The Bertz CT molecular complexity index is 1300. The summed E-state index contributed by atoms with van der Waals surface area (Å²) in [6.07, 6.45) is 0.689. The number of benzene rings is 2. The number of carbonyl (C=O) groups is 1. The molecule has 0 fully saturated rings. The van der Waals surface area contributed by atoms with E-state index in [9.17, 15) is 14.9 Å². The highest BCUT2D eigenvalue weighted by atomic mass is 79.9. The van der Waals surface area contributed by atoms with Gasteiger partial charge < -0.3 is 4.74 Å². The van der Waals surface area contributed by atoms with Crippen LogP contribution >= 0.6 is 28.1 Å². The Balaban J connectivity index is 1.72. The number of hydrogen-bond acceptors (Lipinski definition) is 5. The lowest BCUT2D eigenvalue weighted by atomic mass is 10.1. The van der Waals surface area contributed by atoms with Gasteiger partial charge in [-0.05, 0) is 61.5 Å². The molecule has 0 radical (unpaired) electrons. The zero-order valence-corrected chi connectivity index (χ0v) is 20.4. The third-order valence-electron chi connectivity index (χ3n) is 4.82. The van der Waals surface area contributed by atoms with Gasteiger partial charge in [-0.25, -0.2) is 4.68 Å². The molecule has 33 heavy (non-hydrogen) atoms. The summed E-state index contributed by atoms with van der Waals surface area (Å²) in [5, 5.41) is 11.7. The van der Waals surface area contributed by atoms with E-state index in [1.165, 1.54) is 0 Å². The van der Waals surface area contributed by atoms with E-state index in [-0.39, 0.29) is 16.2 Å². The standard InChI is InChI=1S/C24H21BrN4O3S/c1-15-12-16(2)29(23(31)20(15)14-26)28-24(33)27-22(30)19-13-18(25)8-9-21(19)32-11-10-17-6-4-3-5-7-17/h3-9,12-13H,10-11H2,1-2H3,(H2,27,28,30,33). The first-order valence-corrected chi connectivity index (χ1v) is 11.2. The van der Waals surface area contributed by atoms with Crippen molar-refractivity contribution in [3.8, 4) is 11.8 Å². The van der Waals surface area contributed by atoms with Crippen molar-refractivity contribution in [2.45, 2.75) is 20.3 Å². The lowest BCUT2D eigenvalue weighted by Crippen LogP contribution is -2.43. The molecule has 1 heterocycles. The van der Waals surface area contributed by atoms with E-state index in [0.29, 0.717) is 34.5 Å². The molecule has 2 N–H and O–H groups in total. The minimum Gasteiger partial charge on any atom is -0.492 e. The highest BCUT2D eigenvalue weighted by Crippen LogP contribution is 2.23. The van der Waals surface area contributed by atoms with E-state index in [4.69, 9.17) is 17.0 Å². The Kier molecular flexibility index (Phi) is 7.98. The largest absolute Gasteiger partial charge is 0.492 e. The van der Waals surface area contributed by atoms with Gasteiger partial charge in [-0.1, -0.05) is 46.3 Å². The number of ether oxygens (including phenoxy) is 1. The predicted octanol–water partition coefficient (Wildman–Crippen LogP) is 3.98. The van der Waals surface area contributed by atoms with E-state index in [1.54, 1.807) is 38.1 Å². The van der Waals surface area contributed by atoms with Crippen molar-refractivity contribution in [1.82, 2.24) is 9.99 Å². The van der Waals surface area contributed by atoms with E-state index in [2.05, 4.69) is 26.7 Å². The quantitative estimate of drug-likeness (QED) is 0.473. The number of nitriles is 1. The summed E-state index contributed by atoms with van der Waals surface area (Å²) in [5.41, 5.74) is 4.66. The molecule has 0 aliphatic rings. The van der Waals surface area contributed by atoms with Gasteiger partial charge in [-0.15, -0.1) is 0 Å². The molecule has 168 valence electrons. The van der Waals surface area contributed by atoms with Crippen LogP contribution in [-0.2, 0) is 6.42 Å². The maximum Gasteiger partial charge on any atom is 0.287 e. The Morgan fingerprint density at radius 1 is 1.18 bits per heavy atom. The summed E-state index contributed by atoms with van der Waals surface area (Å²) in [6, 6.07) is 18.6. The van der Waals surface area contributed by atoms with Crippen molar-refractivity contribution in [2.24, 2.45) is 0 Å². The second-order valence-electron chi connectivity index (χ2n) is 7.22. The first-order valence-electron chi connectivity index (χ1n) is 10.0. The lowest BCUT2D eigenvalue weighted by Gasteiger charge is -2.16. The van der Waals surface area contributed by atoms with Crippen LogP contribution in [0.1, 0.15) is 32.7 Å². The van der Waals surface area contributed by atoms with Gasteiger partial charge in [0.1, 0.15) is 17.4 Å². The Hall–Kier alpha value is -3.48. The third kappa shape index (κ3) is 6.06. The molecule has 3 rings (SSSR count). The average Bonchev–Trinajstić information content (AvgIpc) is 2.78. The normalized spacial score (nSPS) is 10.2. The number of amides is 1. The molecule has 0 unspecified atom stereocenters. The SMILES string of the molecule is Cc1cc(C)n(NC(=S)NC(=O)c2cc(Br)ccc2OCCc2ccccc2)c(=O)c1C#N. The lowest BCUT2D eigenvalue weighted by molar-refractivity contribution is 0.0973. The number of halogens is 1. The molecule has 2 aromatic carbocycles. The van der Waals surface area contributed by atoms with Crippen molar-refractivity contribution >= 4 is 39.2 Å². The number of thiocarbonyl (C=S) groups is 1. The molecule has 9 heteroatoms. The minimum absolute atomic E-state index is 0.00307. The molecule has 1 amide bonds. The molecule has 0 spiro atoms. The van der Waals surface area contributed by atoms with Crippen LogP contribution in [0.15, 0.2) is 63.9 Å². The fraction of sp³-hybridized carbons (Fsp3) is 0.167. The highest BCUT2D eigenvalue weighted by molar-refractivity contribution is 9.10. The number of hydrogen-bond donors (Lipinski definition) is 2. The highest BCUT2D eigenvalue weighted by Gasteiger charge is 2.17. The van der Waals surface area contributed by atoms with Gasteiger partial charge in [-0.3, -0.25) is 20.3 Å². The number of rotatable bonds is 6. The maximum absolute atomic E-state index is 12.9. The summed E-state index contributed by atoms with van der Waals surface area (Å²) in [6.45, 7) is 3.77. The fourth-order valence-electron chi connectivity index (χ4n) is 3.19. The summed E-state index contributed by atoms with van der Waals surface area (Å²) < 4.78 is 7.69. The number of carbonyl (C=O) groups excluding carboxylic acids is 1. The van der Waals surface area contributed by atoms with Crippen molar-refractivity contribution in [3.63, 3.8) is 0 Å². The summed E-state index contributed by atoms with van der Waals surface area (Å²) in [5.74, 6) is -0.0910. The van der Waals surface area contributed by atoms with Crippen LogP contribution in [0, 0.1) is 25.2 Å². The average molecular weight is 525 g/mol. The van der Waals surface area contributed by atoms with Gasteiger partial charge in [0.05, 0.1) is 12.2 Å². The molecule has 0 atom stereocenters. The van der Waals surface area contributed by atoms with E-state index in [1.807, 2.05) is 36.4 Å². The molecular formula is C24H21BrN4O3S. The van der Waals surface area contributed by atoms with Gasteiger partial charge in [0.15, 0.2) is 5.11 Å². The minimum atomic E-state index is -0.543. The number of pyridine rings is 1. The summed E-state index contributed by atoms with van der Waals surface area (Å²) in [7, 11) is 0. The Morgan fingerprint density at radius 3 is 2.61 bits per heavy atom. The second-order valence-corrected chi connectivity index (χ2v) is 8.54. The van der Waals surface area contributed by atoms with E-state index >= 15 is 0 Å². The van der Waals surface area contributed by atoms with Crippen LogP contribution in [-0.4, -0.2) is 22.3 Å². The molecule has 0 bridgehead atoms. The zero-order valence-electron chi connectivity index (χ0n) is 18.0. The van der Waals surface area contributed by atoms with Crippen molar-refractivity contribution < 1.29 is 9.53 Å². The van der Waals surface area contributed by atoms with Crippen LogP contribution in [0.25, 0.3) is 0 Å². The van der Waals surface area contributed by atoms with Gasteiger partial charge in [-0.2, -0.15) is 5.26 Å². The monoisotopic (exact) mass is 524 g/mol. The molecule has 1 aromatic heterocycles. The molecule has 0 aliphatic carbocycles. The molecule has 3 aromatic rings. The Morgan fingerprint density at radius 2 is 1.91 bits per heavy atom. The summed E-state index contributed by atoms with van der Waals surface area (Å²) in [4.78, 5) is 25.5. The smallest absolute Gasteiger partial charge is 0.287 e. The van der Waals surface area contributed by atoms with E-state index < -0.39 is 11.5 Å². The van der Waals surface area contributed by atoms with Crippen LogP contribution in [0.2, 0.25) is 0 Å². The van der Waals surface area contributed by atoms with Crippen molar-refractivity contribution in [1.29, 1.82) is 5.26 Å².